The molecule has 17 heavy (non-hydrogen) atoms. The van der Waals surface area contributed by atoms with Gasteiger partial charge >= 0.3 is 5.97 Å². The maximum atomic E-state index is 11.1. The zero-order valence-electron chi connectivity index (χ0n) is 8.51. The number of rotatable bonds is 3. The van der Waals surface area contributed by atoms with Crippen LogP contribution in [-0.2, 0) is 0 Å². The molecule has 0 amide bonds. The van der Waals surface area contributed by atoms with Crippen molar-refractivity contribution in [2.45, 2.75) is 0 Å². The van der Waals surface area contributed by atoms with Crippen molar-refractivity contribution >= 4 is 23.9 Å². The molecular weight excluding hydrogens is 244 g/mol. The summed E-state index contributed by atoms with van der Waals surface area (Å²) >= 11 is 5.82. The van der Waals surface area contributed by atoms with Crippen LogP contribution in [-0.4, -0.2) is 17.4 Å². The van der Waals surface area contributed by atoms with E-state index in [4.69, 9.17) is 21.1 Å². The van der Waals surface area contributed by atoms with Gasteiger partial charge in [-0.25, -0.2) is 4.79 Å². The average molecular weight is 251 g/mol. The lowest BCUT2D eigenvalue weighted by molar-refractivity contribution is 0.0697. The van der Waals surface area contributed by atoms with Crippen molar-refractivity contribution in [1.82, 2.24) is 0 Å². The molecule has 2 rings (SSSR count). The van der Waals surface area contributed by atoms with Crippen LogP contribution < -0.4 is 0 Å². The number of furan rings is 1. The Hall–Kier alpha value is -2.07. The molecule has 0 radical (unpaired) electrons. The van der Waals surface area contributed by atoms with E-state index in [0.29, 0.717) is 22.4 Å². The maximum absolute atomic E-state index is 11.1. The molecule has 0 saturated heterocycles. The van der Waals surface area contributed by atoms with Crippen LogP contribution in [0.15, 0.2) is 34.9 Å². The van der Waals surface area contributed by atoms with E-state index in [1.807, 2.05) is 0 Å². The van der Waals surface area contributed by atoms with Gasteiger partial charge in [0.2, 0.25) is 0 Å². The summed E-state index contributed by atoms with van der Waals surface area (Å²) in [6.07, 6.45) is 1.85. The SMILES string of the molecule is O=Cc1occc1-c1cc(Cl)ccc1C(=O)O. The number of halogens is 1. The molecule has 0 aliphatic heterocycles. The molecule has 0 aliphatic carbocycles. The van der Waals surface area contributed by atoms with Crippen LogP contribution in [0.2, 0.25) is 5.02 Å². The lowest BCUT2D eigenvalue weighted by Gasteiger charge is -2.05. The number of hydrogen-bond donors (Lipinski definition) is 1. The number of aromatic carboxylic acids is 1. The third-order valence-corrected chi connectivity index (χ3v) is 2.54. The molecule has 86 valence electrons. The summed E-state index contributed by atoms with van der Waals surface area (Å²) in [4.78, 5) is 21.8. The molecule has 1 heterocycles. The van der Waals surface area contributed by atoms with Crippen molar-refractivity contribution in [3.63, 3.8) is 0 Å². The first-order valence-corrected chi connectivity index (χ1v) is 5.07. The number of carboxylic acid groups (broad SMARTS) is 1. The van der Waals surface area contributed by atoms with Crippen LogP contribution in [0, 0.1) is 0 Å². The van der Waals surface area contributed by atoms with Gasteiger partial charge in [0, 0.05) is 16.1 Å². The molecule has 1 aromatic heterocycles. The Morgan fingerprint density at radius 2 is 2.06 bits per heavy atom. The van der Waals surface area contributed by atoms with Crippen LogP contribution in [0.4, 0.5) is 0 Å². The number of carboxylic acids is 1. The highest BCUT2D eigenvalue weighted by Crippen LogP contribution is 2.29. The summed E-state index contributed by atoms with van der Waals surface area (Å²) in [5.74, 6) is -1.01. The van der Waals surface area contributed by atoms with E-state index in [2.05, 4.69) is 0 Å². The molecule has 0 spiro atoms. The van der Waals surface area contributed by atoms with Crippen LogP contribution in [0.25, 0.3) is 11.1 Å². The fourth-order valence-electron chi connectivity index (χ4n) is 1.56. The number of carbonyl (C=O) groups excluding carboxylic acids is 1. The van der Waals surface area contributed by atoms with Gasteiger partial charge in [-0.1, -0.05) is 11.6 Å². The predicted octanol–water partition coefficient (Wildman–Crippen LogP) is 3.11. The van der Waals surface area contributed by atoms with Crippen molar-refractivity contribution in [2.24, 2.45) is 0 Å². The molecule has 5 heteroatoms. The zero-order chi connectivity index (χ0) is 12.4. The highest BCUT2D eigenvalue weighted by atomic mass is 35.5. The molecule has 0 aliphatic rings. The first-order valence-electron chi connectivity index (χ1n) is 4.69. The van der Waals surface area contributed by atoms with Crippen LogP contribution in [0.5, 0.6) is 0 Å². The van der Waals surface area contributed by atoms with Crippen molar-refractivity contribution in [3.05, 3.63) is 46.9 Å². The minimum absolute atomic E-state index is 0.0684. The largest absolute Gasteiger partial charge is 0.478 e. The molecule has 4 nitrogen and oxygen atoms in total. The van der Waals surface area contributed by atoms with E-state index in [-0.39, 0.29) is 11.3 Å². The minimum Gasteiger partial charge on any atom is -0.478 e. The average Bonchev–Trinajstić information content (AvgIpc) is 2.76. The van der Waals surface area contributed by atoms with Crippen molar-refractivity contribution < 1.29 is 19.1 Å². The van der Waals surface area contributed by atoms with Gasteiger partial charge in [-0.3, -0.25) is 4.79 Å². The van der Waals surface area contributed by atoms with E-state index in [1.165, 1.54) is 30.5 Å². The fourth-order valence-corrected chi connectivity index (χ4v) is 1.73. The summed E-state index contributed by atoms with van der Waals surface area (Å²) < 4.78 is 4.94. The summed E-state index contributed by atoms with van der Waals surface area (Å²) in [6, 6.07) is 5.89. The molecule has 0 bridgehead atoms. The van der Waals surface area contributed by atoms with E-state index < -0.39 is 5.97 Å². The Bertz CT molecular complexity index is 586. The monoisotopic (exact) mass is 250 g/mol. The lowest BCUT2D eigenvalue weighted by Crippen LogP contribution is -1.99. The first-order chi connectivity index (χ1) is 8.13. The molecule has 2 aromatic rings. The van der Waals surface area contributed by atoms with Crippen LogP contribution >= 0.6 is 11.6 Å². The van der Waals surface area contributed by atoms with E-state index >= 15 is 0 Å². The van der Waals surface area contributed by atoms with Crippen LogP contribution in [0.1, 0.15) is 20.9 Å². The summed E-state index contributed by atoms with van der Waals surface area (Å²) in [7, 11) is 0. The topological polar surface area (TPSA) is 67.5 Å². The molecule has 0 saturated carbocycles. The smallest absolute Gasteiger partial charge is 0.336 e. The van der Waals surface area contributed by atoms with Gasteiger partial charge in [-0.05, 0) is 24.3 Å². The number of hydrogen-bond acceptors (Lipinski definition) is 3. The second kappa shape index (κ2) is 4.43. The third kappa shape index (κ3) is 2.07. The second-order valence-electron chi connectivity index (χ2n) is 3.31. The molecule has 0 atom stereocenters. The Kier molecular flexibility index (Phi) is 2.97. The minimum atomic E-state index is -1.09. The van der Waals surface area contributed by atoms with Gasteiger partial charge in [0.15, 0.2) is 12.0 Å². The summed E-state index contributed by atoms with van der Waals surface area (Å²) in [6.45, 7) is 0. The van der Waals surface area contributed by atoms with E-state index in [9.17, 15) is 9.59 Å². The number of benzene rings is 1. The zero-order valence-corrected chi connectivity index (χ0v) is 9.27. The maximum Gasteiger partial charge on any atom is 0.336 e. The van der Waals surface area contributed by atoms with Crippen molar-refractivity contribution in [1.29, 1.82) is 0 Å². The van der Waals surface area contributed by atoms with Gasteiger partial charge in [-0.15, -0.1) is 0 Å². The second-order valence-corrected chi connectivity index (χ2v) is 3.75. The van der Waals surface area contributed by atoms with Crippen LogP contribution in [0.3, 0.4) is 0 Å². The normalized spacial score (nSPS) is 10.2. The van der Waals surface area contributed by atoms with Crippen molar-refractivity contribution in [3.8, 4) is 11.1 Å². The summed E-state index contributed by atoms with van der Waals surface area (Å²) in [5, 5.41) is 9.45. The van der Waals surface area contributed by atoms with Gasteiger partial charge in [0.25, 0.3) is 0 Å². The third-order valence-electron chi connectivity index (χ3n) is 2.30. The van der Waals surface area contributed by atoms with Gasteiger partial charge in [0.05, 0.1) is 11.8 Å². The van der Waals surface area contributed by atoms with Crippen molar-refractivity contribution in [2.75, 3.05) is 0 Å². The number of carbonyl (C=O) groups is 2. The molecular formula is C12H7ClO4. The van der Waals surface area contributed by atoms with E-state index in [1.54, 1.807) is 0 Å². The molecule has 0 unspecified atom stereocenters. The van der Waals surface area contributed by atoms with Gasteiger partial charge < -0.3 is 9.52 Å². The highest BCUT2D eigenvalue weighted by Gasteiger charge is 2.16. The fraction of sp³-hybridized carbons (Fsp3) is 0. The Morgan fingerprint density at radius 1 is 1.29 bits per heavy atom. The van der Waals surface area contributed by atoms with Gasteiger partial charge in [0.1, 0.15) is 0 Å². The Labute approximate surface area is 101 Å². The molecule has 1 aromatic carbocycles. The molecule has 1 N–H and O–H groups in total. The molecule has 0 fully saturated rings. The Balaban J connectivity index is 2.69. The predicted molar refractivity (Wildman–Crippen MR) is 61.5 cm³/mol. The quantitative estimate of drug-likeness (QED) is 0.850. The van der Waals surface area contributed by atoms with E-state index in [0.717, 1.165) is 0 Å². The standard InChI is InChI=1S/C12H7ClO4/c13-7-1-2-9(12(15)16)10(5-7)8-3-4-17-11(8)6-14/h1-6H,(H,15,16). The first kappa shape index (κ1) is 11.4. The number of aldehydes is 1. The lowest BCUT2D eigenvalue weighted by atomic mass is 10.0. The summed E-state index contributed by atoms with van der Waals surface area (Å²) in [5.41, 5.74) is 0.847. The highest BCUT2D eigenvalue weighted by molar-refractivity contribution is 6.31. The van der Waals surface area contributed by atoms with Gasteiger partial charge in [-0.2, -0.15) is 0 Å². The Morgan fingerprint density at radius 3 is 2.71 bits per heavy atom.